The second-order valence-corrected chi connectivity index (χ2v) is 7.28. The van der Waals surface area contributed by atoms with E-state index in [1.54, 1.807) is 14.0 Å². The van der Waals surface area contributed by atoms with E-state index in [0.29, 0.717) is 29.7 Å². The summed E-state index contributed by atoms with van der Waals surface area (Å²) in [5.74, 6) is 1.14. The molecule has 0 saturated heterocycles. The molecule has 1 aromatic carbocycles. The van der Waals surface area contributed by atoms with E-state index in [0.717, 1.165) is 10.8 Å². The first kappa shape index (κ1) is 21.7. The lowest BCUT2D eigenvalue weighted by atomic mass is 10.3. The molecule has 2 rings (SSSR count). The lowest BCUT2D eigenvalue weighted by molar-refractivity contribution is 0.0531. The van der Waals surface area contributed by atoms with Crippen LogP contribution in [0.4, 0.5) is 0 Å². The third-order valence-electron chi connectivity index (χ3n) is 3.86. The summed E-state index contributed by atoms with van der Waals surface area (Å²) in [4.78, 5) is 21.3. The summed E-state index contributed by atoms with van der Waals surface area (Å²) in [5.41, 5.74) is 0.680. The minimum absolute atomic E-state index is 0.0335. The van der Waals surface area contributed by atoms with E-state index >= 15 is 0 Å². The maximum Gasteiger partial charge on any atom is 0.350 e. The van der Waals surface area contributed by atoms with Gasteiger partial charge >= 0.3 is 5.97 Å². The van der Waals surface area contributed by atoms with E-state index in [1.165, 1.54) is 11.3 Å². The molecular weight excluding hydrogens is 376 g/mol. The zero-order chi connectivity index (χ0) is 20.5. The number of aryl methyl sites for hydroxylation is 1. The number of benzene rings is 1. The van der Waals surface area contributed by atoms with Crippen molar-refractivity contribution in [3.8, 4) is 5.75 Å². The zero-order valence-corrected chi connectivity index (χ0v) is 17.8. The van der Waals surface area contributed by atoms with E-state index < -0.39 is 0 Å². The maximum absolute atomic E-state index is 12.0. The number of guanidine groups is 1. The van der Waals surface area contributed by atoms with Gasteiger partial charge in [0, 0.05) is 7.05 Å². The third kappa shape index (κ3) is 6.23. The fourth-order valence-corrected chi connectivity index (χ4v) is 3.43. The molecule has 0 fully saturated rings. The van der Waals surface area contributed by atoms with Crippen LogP contribution in [-0.2, 0) is 4.74 Å². The molecule has 2 aromatic rings. The number of carbonyl (C=O) groups excluding carboxylic acids is 1. The van der Waals surface area contributed by atoms with Crippen LogP contribution in [0.5, 0.6) is 5.75 Å². The number of rotatable bonds is 8. The second kappa shape index (κ2) is 10.7. The summed E-state index contributed by atoms with van der Waals surface area (Å²) >= 11 is 1.34. The van der Waals surface area contributed by atoms with Crippen LogP contribution < -0.4 is 15.4 Å². The van der Waals surface area contributed by atoms with Crippen molar-refractivity contribution in [1.29, 1.82) is 0 Å². The maximum atomic E-state index is 12.0. The molecule has 0 aliphatic rings. The highest BCUT2D eigenvalue weighted by molar-refractivity contribution is 7.13. The molecule has 1 heterocycles. The lowest BCUT2D eigenvalue weighted by Crippen LogP contribution is -2.42. The predicted molar refractivity (Wildman–Crippen MR) is 112 cm³/mol. The van der Waals surface area contributed by atoms with Crippen LogP contribution in [0.1, 0.15) is 47.2 Å². The SMILES string of the molecule is CCOC(=O)c1sc(C(C)NC(=NC)NCC(C)Oc2ccccc2)nc1C. The Morgan fingerprint density at radius 3 is 2.64 bits per heavy atom. The van der Waals surface area contributed by atoms with Crippen molar-refractivity contribution in [3.05, 3.63) is 45.9 Å². The molecule has 2 N–H and O–H groups in total. The minimum Gasteiger partial charge on any atom is -0.489 e. The highest BCUT2D eigenvalue weighted by Crippen LogP contribution is 2.24. The molecule has 0 spiro atoms. The van der Waals surface area contributed by atoms with Gasteiger partial charge in [0.1, 0.15) is 21.7 Å². The molecule has 152 valence electrons. The van der Waals surface area contributed by atoms with Crippen molar-refractivity contribution >= 4 is 23.3 Å². The monoisotopic (exact) mass is 404 g/mol. The van der Waals surface area contributed by atoms with Gasteiger partial charge in [0.2, 0.25) is 0 Å². The Bertz CT molecular complexity index is 792. The Balaban J connectivity index is 1.90. The van der Waals surface area contributed by atoms with Crippen molar-refractivity contribution in [3.63, 3.8) is 0 Å². The Kier molecular flexibility index (Phi) is 8.25. The Morgan fingerprint density at radius 1 is 1.29 bits per heavy atom. The van der Waals surface area contributed by atoms with Gasteiger partial charge in [-0.15, -0.1) is 11.3 Å². The number of para-hydroxylation sites is 1. The molecule has 0 saturated carbocycles. The summed E-state index contributed by atoms with van der Waals surface area (Å²) < 4.78 is 10.9. The third-order valence-corrected chi connectivity index (χ3v) is 5.18. The molecule has 0 radical (unpaired) electrons. The van der Waals surface area contributed by atoms with E-state index in [9.17, 15) is 4.79 Å². The van der Waals surface area contributed by atoms with Gasteiger partial charge in [-0.1, -0.05) is 18.2 Å². The molecule has 2 atom stereocenters. The second-order valence-electron chi connectivity index (χ2n) is 6.25. The summed E-state index contributed by atoms with van der Waals surface area (Å²) in [5, 5.41) is 7.35. The minimum atomic E-state index is -0.328. The van der Waals surface area contributed by atoms with Crippen LogP contribution >= 0.6 is 11.3 Å². The van der Waals surface area contributed by atoms with Crippen LogP contribution in [0.15, 0.2) is 35.3 Å². The van der Waals surface area contributed by atoms with Crippen molar-refractivity contribution < 1.29 is 14.3 Å². The number of nitrogens with one attached hydrogen (secondary N) is 2. The quantitative estimate of drug-likeness (QED) is 0.399. The molecule has 2 unspecified atom stereocenters. The number of thiazole rings is 1. The summed E-state index contributed by atoms with van der Waals surface area (Å²) in [6.07, 6.45) is -0.0335. The average Bonchev–Trinajstić information content (AvgIpc) is 3.08. The molecule has 0 bridgehead atoms. The fourth-order valence-electron chi connectivity index (χ4n) is 2.46. The van der Waals surface area contributed by atoms with Gasteiger partial charge in [-0.3, -0.25) is 4.99 Å². The highest BCUT2D eigenvalue weighted by atomic mass is 32.1. The topological polar surface area (TPSA) is 84.8 Å². The number of carbonyl (C=O) groups is 1. The first-order chi connectivity index (χ1) is 13.4. The molecule has 1 aromatic heterocycles. The molecule has 8 heteroatoms. The van der Waals surface area contributed by atoms with Crippen molar-refractivity contribution in [2.45, 2.75) is 39.8 Å². The van der Waals surface area contributed by atoms with Gasteiger partial charge in [-0.2, -0.15) is 0 Å². The van der Waals surface area contributed by atoms with E-state index in [4.69, 9.17) is 9.47 Å². The highest BCUT2D eigenvalue weighted by Gasteiger charge is 2.20. The zero-order valence-electron chi connectivity index (χ0n) is 17.0. The molecular formula is C20H28N4O3S. The molecule has 7 nitrogen and oxygen atoms in total. The molecule has 0 amide bonds. The summed E-state index contributed by atoms with van der Waals surface area (Å²) in [7, 11) is 1.71. The fraction of sp³-hybridized carbons (Fsp3) is 0.450. The van der Waals surface area contributed by atoms with E-state index in [2.05, 4.69) is 20.6 Å². The van der Waals surface area contributed by atoms with Gasteiger partial charge in [0.05, 0.1) is 24.9 Å². The number of nitrogens with zero attached hydrogens (tertiary/aromatic N) is 2. The number of hydrogen-bond acceptors (Lipinski definition) is 6. The first-order valence-corrected chi connectivity index (χ1v) is 10.1. The first-order valence-electron chi connectivity index (χ1n) is 9.27. The Hall–Kier alpha value is -2.61. The normalized spacial score (nSPS) is 13.5. The molecule has 28 heavy (non-hydrogen) atoms. The number of aliphatic imine (C=N–C) groups is 1. The van der Waals surface area contributed by atoms with Gasteiger partial charge in [0.15, 0.2) is 5.96 Å². The standard InChI is InChI=1S/C20H28N4O3S/c1-6-26-19(25)17-14(3)23-18(28-17)15(4)24-20(21-5)22-12-13(2)27-16-10-8-7-9-11-16/h7-11,13,15H,6,12H2,1-5H3,(H2,21,22,24). The van der Waals surface area contributed by atoms with E-state index in [1.807, 2.05) is 51.1 Å². The Morgan fingerprint density at radius 2 is 2.00 bits per heavy atom. The number of hydrogen-bond donors (Lipinski definition) is 2. The number of ether oxygens (including phenoxy) is 2. The van der Waals surface area contributed by atoms with Crippen LogP contribution in [-0.4, -0.2) is 43.2 Å². The van der Waals surface area contributed by atoms with Crippen molar-refractivity contribution in [2.75, 3.05) is 20.2 Å². The van der Waals surface area contributed by atoms with Gasteiger partial charge in [-0.05, 0) is 39.8 Å². The smallest absolute Gasteiger partial charge is 0.350 e. The van der Waals surface area contributed by atoms with Crippen LogP contribution in [0, 0.1) is 6.92 Å². The summed E-state index contributed by atoms with van der Waals surface area (Å²) in [6, 6.07) is 9.59. The van der Waals surface area contributed by atoms with Crippen molar-refractivity contribution in [2.24, 2.45) is 4.99 Å². The van der Waals surface area contributed by atoms with Gasteiger partial charge in [0.25, 0.3) is 0 Å². The van der Waals surface area contributed by atoms with Crippen molar-refractivity contribution in [1.82, 2.24) is 15.6 Å². The van der Waals surface area contributed by atoms with Crippen LogP contribution in [0.2, 0.25) is 0 Å². The molecule has 0 aliphatic heterocycles. The predicted octanol–water partition coefficient (Wildman–Crippen LogP) is 3.32. The van der Waals surface area contributed by atoms with Gasteiger partial charge in [-0.25, -0.2) is 9.78 Å². The summed E-state index contributed by atoms with van der Waals surface area (Å²) in [6.45, 7) is 8.51. The lowest BCUT2D eigenvalue weighted by Gasteiger charge is -2.19. The molecule has 0 aliphatic carbocycles. The van der Waals surface area contributed by atoms with Gasteiger partial charge < -0.3 is 20.1 Å². The largest absolute Gasteiger partial charge is 0.489 e. The average molecular weight is 405 g/mol. The van der Waals surface area contributed by atoms with Crippen LogP contribution in [0.3, 0.4) is 0 Å². The Labute approximate surface area is 170 Å². The van der Waals surface area contributed by atoms with E-state index in [-0.39, 0.29) is 18.1 Å². The number of aromatic nitrogens is 1. The number of esters is 1. The van der Waals surface area contributed by atoms with Crippen LogP contribution in [0.25, 0.3) is 0 Å².